The molecule has 0 heterocycles. The second-order valence-corrected chi connectivity index (χ2v) is 3.50. The first kappa shape index (κ1) is 9.57. The largest absolute Gasteiger partial charge is 0.369 e. The molecule has 12 heavy (non-hydrogen) atoms. The molecule has 0 saturated heterocycles. The Morgan fingerprint density at radius 1 is 1.33 bits per heavy atom. The van der Waals surface area contributed by atoms with E-state index in [1.54, 1.807) is 0 Å². The van der Waals surface area contributed by atoms with Crippen LogP contribution in [0, 0.1) is 18.3 Å². The van der Waals surface area contributed by atoms with E-state index in [-0.39, 0.29) is 0 Å². The van der Waals surface area contributed by atoms with E-state index in [9.17, 15) is 0 Å². The van der Waals surface area contributed by atoms with Crippen molar-refractivity contribution in [3.05, 3.63) is 0 Å². The van der Waals surface area contributed by atoms with Crippen LogP contribution in [-0.2, 0) is 4.74 Å². The van der Waals surface area contributed by atoms with Gasteiger partial charge in [-0.05, 0) is 31.6 Å². The van der Waals surface area contributed by atoms with Gasteiger partial charge >= 0.3 is 0 Å². The molecule has 0 radical (unpaired) electrons. The van der Waals surface area contributed by atoms with E-state index >= 15 is 0 Å². The van der Waals surface area contributed by atoms with Crippen molar-refractivity contribution in [1.29, 1.82) is 0 Å². The number of rotatable bonds is 3. The third kappa shape index (κ3) is 3.25. The highest BCUT2D eigenvalue weighted by atomic mass is 16.5. The number of hydrogen-bond donors (Lipinski definition) is 1. The summed E-state index contributed by atoms with van der Waals surface area (Å²) in [5.74, 6) is 3.16. The fourth-order valence-corrected chi connectivity index (χ4v) is 1.64. The minimum Gasteiger partial charge on any atom is -0.369 e. The molecule has 1 saturated carbocycles. The minimum atomic E-state index is 0.425. The predicted molar refractivity (Wildman–Crippen MR) is 49.6 cm³/mol. The van der Waals surface area contributed by atoms with Crippen molar-refractivity contribution in [2.45, 2.75) is 31.7 Å². The number of ether oxygens (including phenoxy) is 1. The lowest BCUT2D eigenvalue weighted by atomic mass is 9.87. The minimum absolute atomic E-state index is 0.425. The zero-order valence-electron chi connectivity index (χ0n) is 7.46. The van der Waals surface area contributed by atoms with Crippen LogP contribution in [-0.4, -0.2) is 19.3 Å². The van der Waals surface area contributed by atoms with Crippen LogP contribution < -0.4 is 5.73 Å². The fourth-order valence-electron chi connectivity index (χ4n) is 1.64. The molecule has 0 aromatic heterocycles. The zero-order valence-corrected chi connectivity index (χ0v) is 7.46. The standard InChI is InChI=1S/C10H17NO/c1-2-7-12-8-9-3-5-10(11)6-4-9/h1,9-10H,3-8,11H2/t9-,10-. The van der Waals surface area contributed by atoms with Crippen LogP contribution in [0.2, 0.25) is 0 Å². The normalized spacial score (nSPS) is 29.7. The number of terminal acetylenes is 1. The van der Waals surface area contributed by atoms with Gasteiger partial charge in [-0.15, -0.1) is 6.42 Å². The number of hydrogen-bond acceptors (Lipinski definition) is 2. The lowest BCUT2D eigenvalue weighted by Crippen LogP contribution is -2.28. The molecule has 2 heteroatoms. The Labute approximate surface area is 74.5 Å². The summed E-state index contributed by atoms with van der Waals surface area (Å²) in [6, 6.07) is 0.425. The summed E-state index contributed by atoms with van der Waals surface area (Å²) in [5, 5.41) is 0. The Hall–Kier alpha value is -0.520. The average Bonchev–Trinajstić information content (AvgIpc) is 2.09. The summed E-state index contributed by atoms with van der Waals surface area (Å²) >= 11 is 0. The molecule has 1 aliphatic rings. The quantitative estimate of drug-likeness (QED) is 0.505. The van der Waals surface area contributed by atoms with Gasteiger partial charge in [-0.1, -0.05) is 5.92 Å². The van der Waals surface area contributed by atoms with Crippen LogP contribution in [0.15, 0.2) is 0 Å². The maximum Gasteiger partial charge on any atom is 0.107 e. The van der Waals surface area contributed by atoms with Gasteiger partial charge in [0.1, 0.15) is 6.61 Å². The van der Waals surface area contributed by atoms with E-state index in [2.05, 4.69) is 5.92 Å². The SMILES string of the molecule is C#CCOC[C@H]1CC[C@H](N)CC1. The molecule has 2 N–H and O–H groups in total. The van der Waals surface area contributed by atoms with Crippen molar-refractivity contribution in [2.24, 2.45) is 11.7 Å². The van der Waals surface area contributed by atoms with E-state index in [0.29, 0.717) is 18.6 Å². The van der Waals surface area contributed by atoms with E-state index in [1.807, 2.05) is 0 Å². The van der Waals surface area contributed by atoms with Crippen LogP contribution in [0.4, 0.5) is 0 Å². The summed E-state index contributed by atoms with van der Waals surface area (Å²) in [6.45, 7) is 1.26. The van der Waals surface area contributed by atoms with Gasteiger partial charge in [0.25, 0.3) is 0 Å². The molecule has 0 unspecified atom stereocenters. The van der Waals surface area contributed by atoms with Crippen LogP contribution >= 0.6 is 0 Å². The topological polar surface area (TPSA) is 35.2 Å². The molecule has 0 atom stereocenters. The van der Waals surface area contributed by atoms with Crippen molar-refractivity contribution in [2.75, 3.05) is 13.2 Å². The Kier molecular flexibility index (Phi) is 4.13. The van der Waals surface area contributed by atoms with Crippen LogP contribution in [0.1, 0.15) is 25.7 Å². The second kappa shape index (κ2) is 5.18. The predicted octanol–water partition coefficient (Wildman–Crippen LogP) is 1.15. The molecule has 0 amide bonds. The van der Waals surface area contributed by atoms with Crippen molar-refractivity contribution in [3.8, 4) is 12.3 Å². The smallest absolute Gasteiger partial charge is 0.107 e. The van der Waals surface area contributed by atoms with Crippen molar-refractivity contribution in [3.63, 3.8) is 0 Å². The van der Waals surface area contributed by atoms with Crippen LogP contribution in [0.3, 0.4) is 0 Å². The first-order valence-electron chi connectivity index (χ1n) is 4.59. The molecule has 0 aliphatic heterocycles. The average molecular weight is 167 g/mol. The zero-order chi connectivity index (χ0) is 8.81. The first-order valence-corrected chi connectivity index (χ1v) is 4.59. The molecule has 68 valence electrons. The molecule has 0 aromatic rings. The lowest BCUT2D eigenvalue weighted by molar-refractivity contribution is 0.106. The number of nitrogens with two attached hydrogens (primary N) is 1. The van der Waals surface area contributed by atoms with Gasteiger partial charge in [-0.3, -0.25) is 0 Å². The summed E-state index contributed by atoms with van der Waals surface area (Å²) in [7, 11) is 0. The summed E-state index contributed by atoms with van der Waals surface area (Å²) in [5.41, 5.74) is 5.78. The van der Waals surface area contributed by atoms with Gasteiger partial charge in [0.2, 0.25) is 0 Å². The van der Waals surface area contributed by atoms with Crippen molar-refractivity contribution in [1.82, 2.24) is 0 Å². The monoisotopic (exact) mass is 167 g/mol. The fraction of sp³-hybridized carbons (Fsp3) is 0.800. The molecular formula is C10H17NO. The Morgan fingerprint density at radius 3 is 2.58 bits per heavy atom. The summed E-state index contributed by atoms with van der Waals surface area (Å²) in [4.78, 5) is 0. The van der Waals surface area contributed by atoms with Crippen LogP contribution in [0.25, 0.3) is 0 Å². The molecule has 0 spiro atoms. The van der Waals surface area contributed by atoms with Crippen LogP contribution in [0.5, 0.6) is 0 Å². The third-order valence-corrected chi connectivity index (χ3v) is 2.43. The van der Waals surface area contributed by atoms with E-state index in [1.165, 1.54) is 12.8 Å². The molecule has 1 rings (SSSR count). The highest BCUT2D eigenvalue weighted by Gasteiger charge is 2.17. The van der Waals surface area contributed by atoms with E-state index in [0.717, 1.165) is 19.4 Å². The van der Waals surface area contributed by atoms with Crippen molar-refractivity contribution >= 4 is 0 Å². The Morgan fingerprint density at radius 2 is 2.00 bits per heavy atom. The maximum atomic E-state index is 5.78. The Bertz CT molecular complexity index is 154. The highest BCUT2D eigenvalue weighted by Crippen LogP contribution is 2.22. The third-order valence-electron chi connectivity index (χ3n) is 2.43. The molecular weight excluding hydrogens is 150 g/mol. The Balaban J connectivity index is 2.06. The molecule has 0 bridgehead atoms. The van der Waals surface area contributed by atoms with Gasteiger partial charge in [-0.25, -0.2) is 0 Å². The molecule has 1 fully saturated rings. The lowest BCUT2D eigenvalue weighted by Gasteiger charge is -2.25. The maximum absolute atomic E-state index is 5.78. The summed E-state index contributed by atoms with van der Waals surface area (Å²) < 4.78 is 5.28. The highest BCUT2D eigenvalue weighted by molar-refractivity contribution is 4.83. The van der Waals surface area contributed by atoms with Gasteiger partial charge in [0, 0.05) is 6.04 Å². The van der Waals surface area contributed by atoms with Gasteiger partial charge in [-0.2, -0.15) is 0 Å². The van der Waals surface area contributed by atoms with E-state index in [4.69, 9.17) is 16.9 Å². The molecule has 2 nitrogen and oxygen atoms in total. The summed E-state index contributed by atoms with van der Waals surface area (Å²) in [6.07, 6.45) is 9.76. The molecule has 1 aliphatic carbocycles. The molecule has 0 aromatic carbocycles. The second-order valence-electron chi connectivity index (χ2n) is 3.50. The van der Waals surface area contributed by atoms with Gasteiger partial charge in [0.15, 0.2) is 0 Å². The first-order chi connectivity index (χ1) is 5.83. The van der Waals surface area contributed by atoms with Gasteiger partial charge < -0.3 is 10.5 Å². The van der Waals surface area contributed by atoms with Gasteiger partial charge in [0.05, 0.1) is 6.61 Å². The van der Waals surface area contributed by atoms with Crippen molar-refractivity contribution < 1.29 is 4.74 Å². The van der Waals surface area contributed by atoms with E-state index < -0.39 is 0 Å².